The molecule has 70 valence electrons. The zero-order valence-corrected chi connectivity index (χ0v) is 7.73. The zero-order chi connectivity index (χ0) is 9.52. The second kappa shape index (κ2) is 5.30. The first-order valence-corrected chi connectivity index (χ1v) is 4.48. The average Bonchev–Trinajstić information content (AvgIpc) is 2.19. The summed E-state index contributed by atoms with van der Waals surface area (Å²) in [5.41, 5.74) is 1.07. The van der Waals surface area contributed by atoms with E-state index in [9.17, 15) is 4.79 Å². The van der Waals surface area contributed by atoms with Crippen LogP contribution in [0.25, 0.3) is 0 Å². The molecule has 1 unspecified atom stereocenters. The van der Waals surface area contributed by atoms with E-state index < -0.39 is 0 Å². The van der Waals surface area contributed by atoms with Crippen molar-refractivity contribution in [3.05, 3.63) is 30.1 Å². The van der Waals surface area contributed by atoms with Gasteiger partial charge in [-0.1, -0.05) is 19.4 Å². The highest BCUT2D eigenvalue weighted by atomic mass is 16.1. The van der Waals surface area contributed by atoms with Crippen LogP contribution in [0.5, 0.6) is 0 Å². The highest BCUT2D eigenvalue weighted by Crippen LogP contribution is 2.15. The van der Waals surface area contributed by atoms with E-state index in [0.29, 0.717) is 0 Å². The van der Waals surface area contributed by atoms with E-state index in [0.717, 1.165) is 24.8 Å². The number of hydrogen-bond acceptors (Lipinski definition) is 2. The van der Waals surface area contributed by atoms with Crippen molar-refractivity contribution >= 4 is 6.41 Å². The first kappa shape index (κ1) is 9.71. The minimum atomic E-state index is 0.108. The van der Waals surface area contributed by atoms with Crippen molar-refractivity contribution < 1.29 is 4.79 Å². The maximum absolute atomic E-state index is 10.3. The molecule has 1 heterocycles. The molecule has 1 atom stereocenters. The van der Waals surface area contributed by atoms with E-state index in [4.69, 9.17) is 0 Å². The van der Waals surface area contributed by atoms with E-state index in [1.807, 2.05) is 12.1 Å². The van der Waals surface area contributed by atoms with Gasteiger partial charge in [0.15, 0.2) is 0 Å². The standard InChI is InChI=1S/C10H14N2O/c1-2-4-10(12-8-13)9-5-3-6-11-7-9/h3,5-8,10H,2,4H2,1H3,(H,12,13). The summed E-state index contributed by atoms with van der Waals surface area (Å²) < 4.78 is 0. The smallest absolute Gasteiger partial charge is 0.207 e. The molecule has 0 spiro atoms. The fourth-order valence-electron chi connectivity index (χ4n) is 1.30. The Kier molecular flexibility index (Phi) is 3.96. The van der Waals surface area contributed by atoms with Crippen LogP contribution in [0.3, 0.4) is 0 Å². The maximum atomic E-state index is 10.3. The molecule has 13 heavy (non-hydrogen) atoms. The van der Waals surface area contributed by atoms with Gasteiger partial charge in [0.25, 0.3) is 0 Å². The molecule has 1 aromatic rings. The summed E-state index contributed by atoms with van der Waals surface area (Å²) in [7, 11) is 0. The van der Waals surface area contributed by atoms with Gasteiger partial charge in [-0.3, -0.25) is 9.78 Å². The Morgan fingerprint density at radius 2 is 2.54 bits per heavy atom. The van der Waals surface area contributed by atoms with Gasteiger partial charge in [-0.15, -0.1) is 0 Å². The molecule has 0 aromatic carbocycles. The minimum absolute atomic E-state index is 0.108. The van der Waals surface area contributed by atoms with Gasteiger partial charge in [-0.2, -0.15) is 0 Å². The molecule has 0 saturated heterocycles. The normalized spacial score (nSPS) is 12.1. The summed E-state index contributed by atoms with van der Waals surface area (Å²) >= 11 is 0. The van der Waals surface area contributed by atoms with E-state index in [1.54, 1.807) is 12.4 Å². The van der Waals surface area contributed by atoms with Crippen molar-refractivity contribution in [1.29, 1.82) is 0 Å². The summed E-state index contributed by atoms with van der Waals surface area (Å²) in [6.45, 7) is 2.09. The van der Waals surface area contributed by atoms with Crippen molar-refractivity contribution in [3.63, 3.8) is 0 Å². The van der Waals surface area contributed by atoms with E-state index in [1.165, 1.54) is 0 Å². The molecule has 0 fully saturated rings. The van der Waals surface area contributed by atoms with Crippen molar-refractivity contribution in [1.82, 2.24) is 10.3 Å². The quantitative estimate of drug-likeness (QED) is 0.697. The highest BCUT2D eigenvalue weighted by molar-refractivity contribution is 5.47. The molecular formula is C10H14N2O. The lowest BCUT2D eigenvalue weighted by Crippen LogP contribution is -2.19. The summed E-state index contributed by atoms with van der Waals surface area (Å²) in [5.74, 6) is 0. The molecule has 1 amide bonds. The molecule has 0 bridgehead atoms. The summed E-state index contributed by atoms with van der Waals surface area (Å²) in [4.78, 5) is 14.3. The Labute approximate surface area is 78.2 Å². The highest BCUT2D eigenvalue weighted by Gasteiger charge is 2.07. The molecule has 0 saturated carbocycles. The van der Waals surface area contributed by atoms with Gasteiger partial charge in [-0.05, 0) is 18.1 Å². The third-order valence-electron chi connectivity index (χ3n) is 1.93. The lowest BCUT2D eigenvalue weighted by atomic mass is 10.1. The van der Waals surface area contributed by atoms with E-state index >= 15 is 0 Å². The van der Waals surface area contributed by atoms with Crippen LogP contribution < -0.4 is 5.32 Å². The average molecular weight is 178 g/mol. The van der Waals surface area contributed by atoms with Gasteiger partial charge >= 0.3 is 0 Å². The van der Waals surface area contributed by atoms with Gasteiger partial charge in [0.1, 0.15) is 0 Å². The van der Waals surface area contributed by atoms with Crippen LogP contribution in [0, 0.1) is 0 Å². The first-order valence-electron chi connectivity index (χ1n) is 4.48. The molecule has 0 aliphatic heterocycles. The van der Waals surface area contributed by atoms with Crippen LogP contribution in [0.15, 0.2) is 24.5 Å². The lowest BCUT2D eigenvalue weighted by Gasteiger charge is -2.14. The first-order chi connectivity index (χ1) is 6.38. The fraction of sp³-hybridized carbons (Fsp3) is 0.400. The van der Waals surface area contributed by atoms with Gasteiger partial charge in [-0.25, -0.2) is 0 Å². The molecule has 3 heteroatoms. The second-order valence-corrected chi connectivity index (χ2v) is 2.91. The van der Waals surface area contributed by atoms with E-state index in [2.05, 4.69) is 17.2 Å². The van der Waals surface area contributed by atoms with Gasteiger partial charge in [0, 0.05) is 12.4 Å². The SMILES string of the molecule is CCCC(NC=O)c1cccnc1. The molecule has 0 aliphatic carbocycles. The van der Waals surface area contributed by atoms with Gasteiger partial charge in [0.2, 0.25) is 6.41 Å². The van der Waals surface area contributed by atoms with E-state index in [-0.39, 0.29) is 6.04 Å². The number of rotatable bonds is 5. The minimum Gasteiger partial charge on any atom is -0.352 e. The lowest BCUT2D eigenvalue weighted by molar-refractivity contribution is -0.110. The van der Waals surface area contributed by atoms with Crippen molar-refractivity contribution in [2.45, 2.75) is 25.8 Å². The third-order valence-corrected chi connectivity index (χ3v) is 1.93. The van der Waals surface area contributed by atoms with Crippen molar-refractivity contribution in [2.24, 2.45) is 0 Å². The molecule has 0 radical (unpaired) electrons. The number of aromatic nitrogens is 1. The van der Waals surface area contributed by atoms with Crippen LogP contribution in [0.2, 0.25) is 0 Å². The van der Waals surface area contributed by atoms with Crippen molar-refractivity contribution in [2.75, 3.05) is 0 Å². The molecule has 1 rings (SSSR count). The predicted octanol–water partition coefficient (Wildman–Crippen LogP) is 1.67. The van der Waals surface area contributed by atoms with Crippen LogP contribution in [-0.4, -0.2) is 11.4 Å². The summed E-state index contributed by atoms with van der Waals surface area (Å²) in [5, 5.41) is 2.78. The summed E-state index contributed by atoms with van der Waals surface area (Å²) in [6.07, 6.45) is 6.25. The molecular weight excluding hydrogens is 164 g/mol. The maximum Gasteiger partial charge on any atom is 0.207 e. The van der Waals surface area contributed by atoms with Crippen molar-refractivity contribution in [3.8, 4) is 0 Å². The Morgan fingerprint density at radius 3 is 3.08 bits per heavy atom. The van der Waals surface area contributed by atoms with Crippen LogP contribution >= 0.6 is 0 Å². The van der Waals surface area contributed by atoms with Crippen LogP contribution in [0.4, 0.5) is 0 Å². The zero-order valence-electron chi connectivity index (χ0n) is 7.73. The fourth-order valence-corrected chi connectivity index (χ4v) is 1.30. The Bertz CT molecular complexity index is 248. The van der Waals surface area contributed by atoms with Crippen LogP contribution in [0.1, 0.15) is 31.4 Å². The monoisotopic (exact) mass is 178 g/mol. The Morgan fingerprint density at radius 1 is 1.69 bits per heavy atom. The molecule has 0 aliphatic rings. The number of carbonyl (C=O) groups excluding carboxylic acids is 1. The number of nitrogens with one attached hydrogen (secondary N) is 1. The number of hydrogen-bond donors (Lipinski definition) is 1. The topological polar surface area (TPSA) is 42.0 Å². The number of amides is 1. The number of carbonyl (C=O) groups is 1. The summed E-state index contributed by atoms with van der Waals surface area (Å²) in [6, 6.07) is 3.96. The number of nitrogens with zero attached hydrogens (tertiary/aromatic N) is 1. The van der Waals surface area contributed by atoms with Crippen LogP contribution in [-0.2, 0) is 4.79 Å². The molecule has 3 nitrogen and oxygen atoms in total. The Hall–Kier alpha value is -1.38. The predicted molar refractivity (Wildman–Crippen MR) is 51.1 cm³/mol. The third kappa shape index (κ3) is 2.86. The second-order valence-electron chi connectivity index (χ2n) is 2.91. The largest absolute Gasteiger partial charge is 0.352 e. The van der Waals surface area contributed by atoms with Gasteiger partial charge in [0.05, 0.1) is 6.04 Å². The Balaban J connectivity index is 2.69. The number of pyridine rings is 1. The molecule has 1 aromatic heterocycles. The van der Waals surface area contributed by atoms with Gasteiger partial charge < -0.3 is 5.32 Å². The molecule has 1 N–H and O–H groups in total.